The highest BCUT2D eigenvalue weighted by molar-refractivity contribution is 5.92. The number of carbonyl (C=O) groups is 1. The van der Waals surface area contributed by atoms with Crippen molar-refractivity contribution in [2.45, 2.75) is 25.0 Å². The first-order chi connectivity index (χ1) is 11.5. The molecule has 0 radical (unpaired) electrons. The highest BCUT2D eigenvalue weighted by Gasteiger charge is 2.37. The predicted molar refractivity (Wildman–Crippen MR) is 83.3 cm³/mol. The van der Waals surface area contributed by atoms with Crippen molar-refractivity contribution in [1.82, 2.24) is 15.3 Å². The third-order valence-electron chi connectivity index (χ3n) is 4.27. The van der Waals surface area contributed by atoms with Crippen LogP contribution >= 0.6 is 0 Å². The molecule has 3 rings (SSSR count). The Morgan fingerprint density at radius 1 is 1.46 bits per heavy atom. The van der Waals surface area contributed by atoms with Gasteiger partial charge in [0.1, 0.15) is 17.3 Å². The molecule has 8 heteroatoms. The fourth-order valence-electron chi connectivity index (χ4n) is 2.97. The lowest BCUT2D eigenvalue weighted by Gasteiger charge is -2.38. The molecule has 1 aliphatic rings. The third-order valence-corrected chi connectivity index (χ3v) is 4.27. The van der Waals surface area contributed by atoms with Gasteiger partial charge < -0.3 is 25.1 Å². The van der Waals surface area contributed by atoms with Gasteiger partial charge in [-0.25, -0.2) is 9.18 Å². The number of aliphatic hydroxyl groups is 1. The van der Waals surface area contributed by atoms with E-state index in [-0.39, 0.29) is 11.6 Å². The molecule has 1 fully saturated rings. The summed E-state index contributed by atoms with van der Waals surface area (Å²) in [6.07, 6.45) is 1.83. The van der Waals surface area contributed by atoms with E-state index in [0.717, 1.165) is 0 Å². The van der Waals surface area contributed by atoms with Gasteiger partial charge in [0.05, 0.1) is 19.3 Å². The highest BCUT2D eigenvalue weighted by atomic mass is 19.1. The molecule has 1 heterocycles. The van der Waals surface area contributed by atoms with E-state index in [0.29, 0.717) is 24.2 Å². The number of carbonyl (C=O) groups excluding carboxylic acids is 1. The van der Waals surface area contributed by atoms with E-state index in [1.54, 1.807) is 0 Å². The van der Waals surface area contributed by atoms with E-state index >= 15 is 0 Å². The summed E-state index contributed by atoms with van der Waals surface area (Å²) in [5.41, 5.74) is 0.0972. The molecule has 1 aromatic heterocycles. The standard InChI is InChI=1S/C16H18FN3O4/c1-24-13-3-2-9(17)6-11(13)14(8-4-10(21)5-8)20-15(22)12-7-18-16(23)19-12/h2-3,6-8,10,14,21H,4-5H2,1H3,(H,20,22)(H2,18,19,23)/t8?,10?,14-/m1/s1. The molecule has 0 saturated heterocycles. The van der Waals surface area contributed by atoms with Gasteiger partial charge in [0, 0.05) is 11.8 Å². The summed E-state index contributed by atoms with van der Waals surface area (Å²) in [7, 11) is 1.47. The summed E-state index contributed by atoms with van der Waals surface area (Å²) in [5, 5.41) is 12.4. The van der Waals surface area contributed by atoms with Gasteiger partial charge in [-0.05, 0) is 37.0 Å². The van der Waals surface area contributed by atoms with Crippen molar-refractivity contribution in [1.29, 1.82) is 0 Å². The maximum absolute atomic E-state index is 13.7. The monoisotopic (exact) mass is 335 g/mol. The molecule has 1 aromatic carbocycles. The third kappa shape index (κ3) is 3.18. The lowest BCUT2D eigenvalue weighted by molar-refractivity contribution is 0.0230. The average Bonchev–Trinajstić information content (AvgIpc) is 2.96. The zero-order valence-corrected chi connectivity index (χ0v) is 13.0. The number of halogens is 1. The van der Waals surface area contributed by atoms with Crippen LogP contribution in [0.1, 0.15) is 34.9 Å². The van der Waals surface area contributed by atoms with Crippen molar-refractivity contribution >= 4 is 5.91 Å². The van der Waals surface area contributed by atoms with Gasteiger partial charge in [-0.2, -0.15) is 0 Å². The number of H-pyrrole nitrogens is 2. The molecule has 2 aromatic rings. The number of nitrogens with one attached hydrogen (secondary N) is 3. The summed E-state index contributed by atoms with van der Waals surface area (Å²) in [4.78, 5) is 28.2. The maximum atomic E-state index is 13.7. The first-order valence-electron chi connectivity index (χ1n) is 7.58. The molecule has 24 heavy (non-hydrogen) atoms. The molecule has 0 bridgehead atoms. The van der Waals surface area contributed by atoms with E-state index in [9.17, 15) is 19.1 Å². The fourth-order valence-corrected chi connectivity index (χ4v) is 2.97. The van der Waals surface area contributed by atoms with Crippen LogP contribution in [0.15, 0.2) is 29.2 Å². The van der Waals surface area contributed by atoms with E-state index in [1.807, 2.05) is 0 Å². The van der Waals surface area contributed by atoms with Crippen molar-refractivity contribution in [3.63, 3.8) is 0 Å². The molecule has 0 spiro atoms. The van der Waals surface area contributed by atoms with Crippen LogP contribution in [-0.2, 0) is 0 Å². The van der Waals surface area contributed by atoms with E-state index in [2.05, 4.69) is 15.3 Å². The number of benzene rings is 1. The highest BCUT2D eigenvalue weighted by Crippen LogP contribution is 2.41. The summed E-state index contributed by atoms with van der Waals surface area (Å²) in [6.45, 7) is 0. The van der Waals surface area contributed by atoms with Gasteiger partial charge in [-0.1, -0.05) is 0 Å². The molecule has 128 valence electrons. The minimum atomic E-state index is -0.537. The molecular formula is C16H18FN3O4. The number of aromatic nitrogens is 2. The summed E-state index contributed by atoms with van der Waals surface area (Å²) >= 11 is 0. The Morgan fingerprint density at radius 2 is 2.21 bits per heavy atom. The van der Waals surface area contributed by atoms with E-state index in [4.69, 9.17) is 4.74 Å². The molecule has 1 atom stereocenters. The number of aromatic amines is 2. The summed E-state index contributed by atoms with van der Waals surface area (Å²) < 4.78 is 19.0. The van der Waals surface area contributed by atoms with Crippen molar-refractivity contribution in [2.24, 2.45) is 5.92 Å². The zero-order valence-electron chi connectivity index (χ0n) is 13.0. The molecule has 7 nitrogen and oxygen atoms in total. The van der Waals surface area contributed by atoms with Gasteiger partial charge in [-0.15, -0.1) is 0 Å². The molecule has 4 N–H and O–H groups in total. The normalized spacial score (nSPS) is 21.0. The minimum Gasteiger partial charge on any atom is -0.496 e. The fraction of sp³-hybridized carbons (Fsp3) is 0.375. The van der Waals surface area contributed by atoms with E-state index < -0.39 is 29.6 Å². The quantitative estimate of drug-likeness (QED) is 0.656. The molecular weight excluding hydrogens is 317 g/mol. The Labute approximate surface area is 136 Å². The largest absolute Gasteiger partial charge is 0.496 e. The first kappa shape index (κ1) is 16.3. The number of rotatable bonds is 5. The van der Waals surface area contributed by atoms with Crippen LogP contribution in [0.4, 0.5) is 4.39 Å². The maximum Gasteiger partial charge on any atom is 0.323 e. The van der Waals surface area contributed by atoms with Crippen LogP contribution < -0.4 is 15.7 Å². The molecule has 0 unspecified atom stereocenters. The second kappa shape index (κ2) is 6.48. The number of hydrogen-bond acceptors (Lipinski definition) is 4. The van der Waals surface area contributed by atoms with Gasteiger partial charge in [0.2, 0.25) is 0 Å². The Kier molecular flexibility index (Phi) is 4.39. The Balaban J connectivity index is 1.91. The van der Waals surface area contributed by atoms with Gasteiger partial charge >= 0.3 is 5.69 Å². The Morgan fingerprint density at radius 3 is 2.79 bits per heavy atom. The van der Waals surface area contributed by atoms with Crippen molar-refractivity contribution in [2.75, 3.05) is 7.11 Å². The lowest BCUT2D eigenvalue weighted by Crippen LogP contribution is -2.41. The summed E-state index contributed by atoms with van der Waals surface area (Å²) in [5.74, 6) is -0.540. The van der Waals surface area contributed by atoms with Crippen LogP contribution in [0.2, 0.25) is 0 Å². The van der Waals surface area contributed by atoms with Crippen LogP contribution in [0.3, 0.4) is 0 Å². The lowest BCUT2D eigenvalue weighted by atomic mass is 9.74. The zero-order chi connectivity index (χ0) is 17.3. The molecule has 0 aliphatic heterocycles. The van der Waals surface area contributed by atoms with Crippen LogP contribution in [0.25, 0.3) is 0 Å². The second-order valence-corrected chi connectivity index (χ2v) is 5.88. The van der Waals surface area contributed by atoms with Crippen LogP contribution in [-0.4, -0.2) is 34.2 Å². The van der Waals surface area contributed by atoms with Crippen molar-refractivity contribution in [3.05, 3.63) is 52.0 Å². The topological polar surface area (TPSA) is 107 Å². The summed E-state index contributed by atoms with van der Waals surface area (Å²) in [6, 6.07) is 3.55. The minimum absolute atomic E-state index is 0.0506. The molecule has 1 saturated carbocycles. The smallest absolute Gasteiger partial charge is 0.323 e. The Hall–Kier alpha value is -2.61. The number of amides is 1. The number of ether oxygens (including phenoxy) is 1. The molecule has 1 aliphatic carbocycles. The van der Waals surface area contributed by atoms with Gasteiger partial charge in [0.25, 0.3) is 5.91 Å². The molecule has 1 amide bonds. The van der Waals surface area contributed by atoms with Crippen molar-refractivity contribution < 1.29 is 19.0 Å². The number of aliphatic hydroxyl groups excluding tert-OH is 1. The van der Waals surface area contributed by atoms with Crippen molar-refractivity contribution in [3.8, 4) is 5.75 Å². The Bertz CT molecular complexity index is 795. The predicted octanol–water partition coefficient (Wildman–Crippen LogP) is 1.09. The average molecular weight is 335 g/mol. The van der Waals surface area contributed by atoms with Crippen LogP contribution in [0.5, 0.6) is 5.75 Å². The van der Waals surface area contributed by atoms with E-state index in [1.165, 1.54) is 31.5 Å². The number of methoxy groups -OCH3 is 1. The first-order valence-corrected chi connectivity index (χ1v) is 7.58. The van der Waals surface area contributed by atoms with Gasteiger partial charge in [0.15, 0.2) is 0 Å². The van der Waals surface area contributed by atoms with Crippen LogP contribution in [0, 0.1) is 11.7 Å². The second-order valence-electron chi connectivity index (χ2n) is 5.88. The number of imidazole rings is 1. The SMILES string of the molecule is COc1ccc(F)cc1[C@H](NC(=O)c1c[nH]c(=O)[nH]1)C1CC(O)C1. The number of hydrogen-bond donors (Lipinski definition) is 4. The van der Waals surface area contributed by atoms with Gasteiger partial charge in [-0.3, -0.25) is 4.79 Å².